The summed E-state index contributed by atoms with van der Waals surface area (Å²) in [7, 11) is 0. The molecule has 1 aromatic rings. The van der Waals surface area contributed by atoms with Crippen molar-refractivity contribution in [2.45, 2.75) is 26.3 Å². The van der Waals surface area contributed by atoms with Crippen molar-refractivity contribution in [2.24, 2.45) is 5.92 Å². The maximum Gasteiger partial charge on any atom is 0.305 e. The van der Waals surface area contributed by atoms with Crippen molar-refractivity contribution >= 4 is 27.8 Å². The molecule has 4 nitrogen and oxygen atoms in total. The number of rotatable bonds is 5. The van der Waals surface area contributed by atoms with Gasteiger partial charge in [0.25, 0.3) is 5.91 Å². The van der Waals surface area contributed by atoms with E-state index in [-0.39, 0.29) is 17.9 Å². The van der Waals surface area contributed by atoms with Crippen LogP contribution in [0.3, 0.4) is 0 Å². The van der Waals surface area contributed by atoms with Crippen LogP contribution in [-0.2, 0) is 4.79 Å². The van der Waals surface area contributed by atoms with Crippen LogP contribution in [0, 0.1) is 11.7 Å². The maximum absolute atomic E-state index is 12.9. The van der Waals surface area contributed by atoms with Crippen molar-refractivity contribution in [2.75, 3.05) is 0 Å². The highest BCUT2D eigenvalue weighted by Crippen LogP contribution is 2.18. The molecule has 1 rings (SSSR count). The van der Waals surface area contributed by atoms with Crippen LogP contribution in [0.15, 0.2) is 22.7 Å². The summed E-state index contributed by atoms with van der Waals surface area (Å²) in [4.78, 5) is 22.8. The molecule has 2 N–H and O–H groups in total. The van der Waals surface area contributed by atoms with Gasteiger partial charge in [-0.25, -0.2) is 4.39 Å². The summed E-state index contributed by atoms with van der Waals surface area (Å²) >= 11 is 3.11. The lowest BCUT2D eigenvalue weighted by atomic mass is 10.0. The first kappa shape index (κ1) is 15.6. The van der Waals surface area contributed by atoms with E-state index in [1.54, 1.807) is 0 Å². The normalized spacial score (nSPS) is 12.3. The van der Waals surface area contributed by atoms with Crippen molar-refractivity contribution in [3.8, 4) is 0 Å². The minimum absolute atomic E-state index is 0.0146. The fraction of sp³-hybridized carbons (Fsp3) is 0.385. The average molecular weight is 332 g/mol. The van der Waals surface area contributed by atoms with E-state index in [1.165, 1.54) is 18.2 Å². The van der Waals surface area contributed by atoms with Crippen molar-refractivity contribution in [1.82, 2.24) is 5.32 Å². The molecule has 104 valence electrons. The van der Waals surface area contributed by atoms with Gasteiger partial charge in [-0.3, -0.25) is 9.59 Å². The van der Waals surface area contributed by atoms with Gasteiger partial charge in [0.2, 0.25) is 0 Å². The molecular formula is C13H15BrFNO3. The number of carboxylic acids is 1. The van der Waals surface area contributed by atoms with E-state index in [0.29, 0.717) is 4.47 Å². The summed E-state index contributed by atoms with van der Waals surface area (Å²) in [6.07, 6.45) is -0.151. The van der Waals surface area contributed by atoms with Gasteiger partial charge in [0.15, 0.2) is 0 Å². The van der Waals surface area contributed by atoms with Crippen LogP contribution >= 0.6 is 15.9 Å². The Hall–Kier alpha value is -1.43. The maximum atomic E-state index is 12.9. The average Bonchev–Trinajstić information content (AvgIpc) is 2.26. The molecule has 0 aliphatic rings. The third kappa shape index (κ3) is 4.63. The molecule has 0 aromatic heterocycles. The van der Waals surface area contributed by atoms with Crippen LogP contribution in [0.1, 0.15) is 30.6 Å². The summed E-state index contributed by atoms with van der Waals surface area (Å²) in [5.74, 6) is -1.86. The van der Waals surface area contributed by atoms with E-state index in [9.17, 15) is 14.0 Å². The lowest BCUT2D eigenvalue weighted by molar-refractivity contribution is -0.137. The Labute approximate surface area is 119 Å². The first-order chi connectivity index (χ1) is 8.81. The first-order valence-corrected chi connectivity index (χ1v) is 6.58. The van der Waals surface area contributed by atoms with E-state index in [0.717, 1.165) is 0 Å². The SMILES string of the molecule is CC(C)C(CC(=O)O)NC(=O)c1ccc(F)cc1Br. The number of hydrogen-bond acceptors (Lipinski definition) is 2. The topological polar surface area (TPSA) is 66.4 Å². The number of nitrogens with one attached hydrogen (secondary N) is 1. The summed E-state index contributed by atoms with van der Waals surface area (Å²) in [5, 5.41) is 11.4. The van der Waals surface area contributed by atoms with Crippen LogP contribution < -0.4 is 5.32 Å². The zero-order chi connectivity index (χ0) is 14.6. The zero-order valence-electron chi connectivity index (χ0n) is 10.6. The predicted molar refractivity (Wildman–Crippen MR) is 72.4 cm³/mol. The molecule has 0 bridgehead atoms. The second-order valence-corrected chi connectivity index (χ2v) is 5.40. The molecule has 1 aromatic carbocycles. The summed E-state index contributed by atoms with van der Waals surface area (Å²) < 4.78 is 13.3. The second-order valence-electron chi connectivity index (χ2n) is 4.55. The first-order valence-electron chi connectivity index (χ1n) is 5.79. The highest BCUT2D eigenvalue weighted by Gasteiger charge is 2.21. The van der Waals surface area contributed by atoms with Gasteiger partial charge >= 0.3 is 5.97 Å². The fourth-order valence-electron chi connectivity index (χ4n) is 1.56. The van der Waals surface area contributed by atoms with Gasteiger partial charge < -0.3 is 10.4 Å². The molecule has 1 unspecified atom stereocenters. The second kappa shape index (κ2) is 6.65. The number of carbonyl (C=O) groups excluding carboxylic acids is 1. The van der Waals surface area contributed by atoms with Gasteiger partial charge in [-0.15, -0.1) is 0 Å². The Bertz CT molecular complexity index is 491. The monoisotopic (exact) mass is 331 g/mol. The Morgan fingerprint density at radius 2 is 2.05 bits per heavy atom. The van der Waals surface area contributed by atoms with E-state index in [4.69, 9.17) is 5.11 Å². The standard InChI is InChI=1S/C13H15BrFNO3/c1-7(2)11(6-12(17)18)16-13(19)9-4-3-8(15)5-10(9)14/h3-5,7,11H,6H2,1-2H3,(H,16,19)(H,17,18). The fourth-order valence-corrected chi connectivity index (χ4v) is 2.09. The van der Waals surface area contributed by atoms with Crippen molar-refractivity contribution in [1.29, 1.82) is 0 Å². The lowest BCUT2D eigenvalue weighted by Gasteiger charge is -2.21. The van der Waals surface area contributed by atoms with E-state index in [1.807, 2.05) is 13.8 Å². The Balaban J connectivity index is 2.84. The Morgan fingerprint density at radius 3 is 2.53 bits per heavy atom. The minimum Gasteiger partial charge on any atom is -0.481 e. The van der Waals surface area contributed by atoms with Gasteiger partial charge in [-0.1, -0.05) is 13.8 Å². The van der Waals surface area contributed by atoms with Crippen LogP contribution in [0.2, 0.25) is 0 Å². The predicted octanol–water partition coefficient (Wildman–Crippen LogP) is 2.82. The number of hydrogen-bond donors (Lipinski definition) is 2. The number of aliphatic carboxylic acids is 1. The number of carbonyl (C=O) groups is 2. The smallest absolute Gasteiger partial charge is 0.305 e. The van der Waals surface area contributed by atoms with E-state index < -0.39 is 23.7 Å². The number of amides is 1. The molecule has 19 heavy (non-hydrogen) atoms. The molecule has 0 spiro atoms. The quantitative estimate of drug-likeness (QED) is 0.871. The van der Waals surface area contributed by atoms with Crippen molar-refractivity contribution in [3.05, 3.63) is 34.1 Å². The molecule has 0 aliphatic carbocycles. The third-order valence-electron chi connectivity index (χ3n) is 2.69. The Kier molecular flexibility index (Phi) is 5.47. The largest absolute Gasteiger partial charge is 0.481 e. The van der Waals surface area contributed by atoms with Crippen LogP contribution in [0.5, 0.6) is 0 Å². The molecule has 0 fully saturated rings. The third-order valence-corrected chi connectivity index (χ3v) is 3.35. The summed E-state index contributed by atoms with van der Waals surface area (Å²) in [6.45, 7) is 3.65. The molecule has 0 aliphatic heterocycles. The van der Waals surface area contributed by atoms with Gasteiger partial charge in [0, 0.05) is 10.5 Å². The van der Waals surface area contributed by atoms with Gasteiger partial charge in [-0.05, 0) is 40.0 Å². The van der Waals surface area contributed by atoms with E-state index in [2.05, 4.69) is 21.2 Å². The van der Waals surface area contributed by atoms with Crippen molar-refractivity contribution in [3.63, 3.8) is 0 Å². The highest BCUT2D eigenvalue weighted by atomic mass is 79.9. The molecule has 0 radical (unpaired) electrons. The van der Waals surface area contributed by atoms with E-state index >= 15 is 0 Å². The highest BCUT2D eigenvalue weighted by molar-refractivity contribution is 9.10. The molecular weight excluding hydrogens is 317 g/mol. The number of benzene rings is 1. The summed E-state index contributed by atoms with van der Waals surface area (Å²) in [6, 6.07) is 3.26. The molecule has 1 atom stereocenters. The summed E-state index contributed by atoms with van der Waals surface area (Å²) in [5.41, 5.74) is 0.275. The van der Waals surface area contributed by atoms with Gasteiger partial charge in [-0.2, -0.15) is 0 Å². The van der Waals surface area contributed by atoms with Crippen LogP contribution in [-0.4, -0.2) is 23.0 Å². The molecule has 1 amide bonds. The van der Waals surface area contributed by atoms with Gasteiger partial charge in [0.05, 0.1) is 12.0 Å². The molecule has 6 heteroatoms. The number of carboxylic acid groups (broad SMARTS) is 1. The lowest BCUT2D eigenvalue weighted by Crippen LogP contribution is -2.40. The Morgan fingerprint density at radius 1 is 1.42 bits per heavy atom. The van der Waals surface area contributed by atoms with Gasteiger partial charge in [0.1, 0.15) is 5.82 Å². The molecule has 0 saturated heterocycles. The van der Waals surface area contributed by atoms with Crippen LogP contribution in [0.25, 0.3) is 0 Å². The zero-order valence-corrected chi connectivity index (χ0v) is 12.2. The molecule has 0 heterocycles. The molecule has 0 saturated carbocycles. The van der Waals surface area contributed by atoms with Crippen molar-refractivity contribution < 1.29 is 19.1 Å². The minimum atomic E-state index is -0.975. The number of halogens is 2. The van der Waals surface area contributed by atoms with Crippen LogP contribution in [0.4, 0.5) is 4.39 Å².